The van der Waals surface area contributed by atoms with Crippen LogP contribution in [0.1, 0.15) is 26.3 Å². The summed E-state index contributed by atoms with van der Waals surface area (Å²) in [5.41, 5.74) is 0.310. The van der Waals surface area contributed by atoms with Gasteiger partial charge in [0.15, 0.2) is 5.58 Å². The topological polar surface area (TPSA) is 73.6 Å². The minimum atomic E-state index is -0.554. The van der Waals surface area contributed by atoms with Crippen molar-refractivity contribution in [2.75, 3.05) is 13.2 Å². The second kappa shape index (κ2) is 6.21. The maximum Gasteiger partial charge on any atom is 0.407 e. The quantitative estimate of drug-likeness (QED) is 0.878. The number of carbonyl (C=O) groups is 1. The number of fused-ring (bicyclic) bond motifs is 1. The molecule has 1 amide bonds. The fraction of sp³-hybridized carbons (Fsp3) is 0.467. The third-order valence-corrected chi connectivity index (χ3v) is 2.81. The Balaban J connectivity index is 1.91. The Labute approximate surface area is 127 Å². The molecule has 0 bridgehead atoms. The molecule has 1 aromatic carbocycles. The number of alkyl carbamates (subject to hydrolysis) is 1. The lowest BCUT2D eigenvalue weighted by Crippen LogP contribution is -2.34. The van der Waals surface area contributed by atoms with E-state index in [1.54, 1.807) is 27.7 Å². The third kappa shape index (κ3) is 3.87. The van der Waals surface area contributed by atoms with E-state index in [9.17, 15) is 9.18 Å². The normalized spacial score (nSPS) is 11.5. The van der Waals surface area contributed by atoms with Gasteiger partial charge in [-0.1, -0.05) is 0 Å². The lowest BCUT2D eigenvalue weighted by atomic mass is 10.1. The highest BCUT2D eigenvalue weighted by atomic mass is 19.1. The minimum Gasteiger partial charge on any atom is -0.473 e. The number of hydrogen-bond donors (Lipinski definition) is 1. The first-order chi connectivity index (χ1) is 10.3. The Morgan fingerprint density at radius 2 is 2.14 bits per heavy atom. The number of amides is 1. The summed E-state index contributed by atoms with van der Waals surface area (Å²) in [6.07, 6.45) is -0.525. The molecule has 2 rings (SSSR count). The van der Waals surface area contributed by atoms with Crippen LogP contribution in [0.15, 0.2) is 16.7 Å². The summed E-state index contributed by atoms with van der Waals surface area (Å²) in [4.78, 5) is 11.5. The molecule has 0 aliphatic heterocycles. The molecule has 6 nitrogen and oxygen atoms in total. The van der Waals surface area contributed by atoms with Crippen LogP contribution in [0.3, 0.4) is 0 Å². The molecule has 0 unspecified atom stereocenters. The summed E-state index contributed by atoms with van der Waals surface area (Å²) in [6, 6.07) is 2.81. The predicted octanol–water partition coefficient (Wildman–Crippen LogP) is 3.18. The van der Waals surface area contributed by atoms with Gasteiger partial charge in [-0.05, 0) is 45.0 Å². The molecule has 1 heterocycles. The van der Waals surface area contributed by atoms with Crippen LogP contribution in [-0.4, -0.2) is 30.0 Å². The molecular weight excluding hydrogens is 291 g/mol. The molecule has 0 aliphatic rings. The Morgan fingerprint density at radius 3 is 2.82 bits per heavy atom. The number of benzene rings is 1. The maximum atomic E-state index is 13.6. The van der Waals surface area contributed by atoms with Crippen molar-refractivity contribution in [2.24, 2.45) is 0 Å². The second-order valence-corrected chi connectivity index (χ2v) is 5.81. The number of aromatic nitrogens is 1. The van der Waals surface area contributed by atoms with E-state index in [0.29, 0.717) is 16.5 Å². The first-order valence-electron chi connectivity index (χ1n) is 6.92. The highest BCUT2D eigenvalue weighted by Crippen LogP contribution is 2.29. The zero-order valence-corrected chi connectivity index (χ0v) is 13.0. The number of halogens is 1. The Morgan fingerprint density at radius 1 is 1.41 bits per heavy atom. The third-order valence-electron chi connectivity index (χ3n) is 2.81. The SMILES string of the molecule is Cc1c(F)ccc2onc(OCCNC(=O)OC(C)(C)C)c12. The second-order valence-electron chi connectivity index (χ2n) is 5.81. The van der Waals surface area contributed by atoms with E-state index in [-0.39, 0.29) is 24.8 Å². The lowest BCUT2D eigenvalue weighted by molar-refractivity contribution is 0.0520. The van der Waals surface area contributed by atoms with Crippen molar-refractivity contribution in [1.29, 1.82) is 0 Å². The van der Waals surface area contributed by atoms with Gasteiger partial charge in [0, 0.05) is 5.56 Å². The number of carbonyl (C=O) groups excluding carboxylic acids is 1. The molecule has 0 saturated heterocycles. The lowest BCUT2D eigenvalue weighted by Gasteiger charge is -2.19. The highest BCUT2D eigenvalue weighted by molar-refractivity contribution is 5.85. The van der Waals surface area contributed by atoms with Gasteiger partial charge in [-0.3, -0.25) is 0 Å². The first kappa shape index (κ1) is 16.1. The molecule has 0 aliphatic carbocycles. The number of rotatable bonds is 4. The summed E-state index contributed by atoms with van der Waals surface area (Å²) in [5, 5.41) is 6.82. The van der Waals surface area contributed by atoms with Gasteiger partial charge in [0.05, 0.1) is 11.9 Å². The Bertz CT molecular complexity index is 676. The summed E-state index contributed by atoms with van der Waals surface area (Å²) >= 11 is 0. The van der Waals surface area contributed by atoms with Gasteiger partial charge in [-0.2, -0.15) is 0 Å². The average Bonchev–Trinajstić information content (AvgIpc) is 2.81. The Hall–Kier alpha value is -2.31. The van der Waals surface area contributed by atoms with E-state index < -0.39 is 11.7 Å². The summed E-state index contributed by atoms with van der Waals surface area (Å²) in [6.45, 7) is 7.36. The van der Waals surface area contributed by atoms with Crippen LogP contribution < -0.4 is 10.1 Å². The molecule has 0 saturated carbocycles. The summed E-state index contributed by atoms with van der Waals surface area (Å²) < 4.78 is 29.2. The van der Waals surface area contributed by atoms with Crippen LogP contribution in [0.2, 0.25) is 0 Å². The molecule has 0 spiro atoms. The molecular formula is C15H19FN2O4. The number of nitrogens with one attached hydrogen (secondary N) is 1. The van der Waals surface area contributed by atoms with E-state index in [2.05, 4.69) is 10.5 Å². The molecule has 1 aromatic heterocycles. The zero-order valence-electron chi connectivity index (χ0n) is 13.0. The first-order valence-corrected chi connectivity index (χ1v) is 6.92. The van der Waals surface area contributed by atoms with Gasteiger partial charge in [-0.25, -0.2) is 9.18 Å². The van der Waals surface area contributed by atoms with E-state index in [4.69, 9.17) is 14.0 Å². The van der Waals surface area contributed by atoms with Gasteiger partial charge in [0.2, 0.25) is 0 Å². The van der Waals surface area contributed by atoms with Crippen LogP contribution in [0.4, 0.5) is 9.18 Å². The van der Waals surface area contributed by atoms with Gasteiger partial charge < -0.3 is 19.3 Å². The smallest absolute Gasteiger partial charge is 0.407 e. The van der Waals surface area contributed by atoms with E-state index in [0.717, 1.165) is 0 Å². The average molecular weight is 310 g/mol. The van der Waals surface area contributed by atoms with Crippen LogP contribution >= 0.6 is 0 Å². The fourth-order valence-electron chi connectivity index (χ4n) is 1.85. The molecule has 22 heavy (non-hydrogen) atoms. The van der Waals surface area contributed by atoms with Gasteiger partial charge in [0.25, 0.3) is 5.88 Å². The summed E-state index contributed by atoms with van der Waals surface area (Å²) in [5.74, 6) is -0.148. The van der Waals surface area contributed by atoms with Crippen LogP contribution in [0.25, 0.3) is 11.0 Å². The monoisotopic (exact) mass is 310 g/mol. The largest absolute Gasteiger partial charge is 0.473 e. The van der Waals surface area contributed by atoms with Crippen LogP contribution in [-0.2, 0) is 4.74 Å². The number of aryl methyl sites for hydroxylation is 1. The summed E-state index contributed by atoms with van der Waals surface area (Å²) in [7, 11) is 0. The van der Waals surface area contributed by atoms with Crippen molar-refractivity contribution in [3.63, 3.8) is 0 Å². The van der Waals surface area contributed by atoms with Crippen molar-refractivity contribution in [3.8, 4) is 5.88 Å². The van der Waals surface area contributed by atoms with Crippen molar-refractivity contribution in [1.82, 2.24) is 10.5 Å². The number of ether oxygens (including phenoxy) is 2. The van der Waals surface area contributed by atoms with Crippen LogP contribution in [0, 0.1) is 12.7 Å². The molecule has 120 valence electrons. The Kier molecular flexibility index (Phi) is 4.54. The van der Waals surface area contributed by atoms with Crippen molar-refractivity contribution in [2.45, 2.75) is 33.3 Å². The van der Waals surface area contributed by atoms with Gasteiger partial charge in [-0.15, -0.1) is 0 Å². The maximum absolute atomic E-state index is 13.6. The highest BCUT2D eigenvalue weighted by Gasteiger charge is 2.17. The molecule has 0 radical (unpaired) electrons. The van der Waals surface area contributed by atoms with Crippen molar-refractivity contribution < 1.29 is 23.2 Å². The van der Waals surface area contributed by atoms with E-state index in [1.165, 1.54) is 12.1 Å². The van der Waals surface area contributed by atoms with Crippen LogP contribution in [0.5, 0.6) is 5.88 Å². The van der Waals surface area contributed by atoms with Crippen molar-refractivity contribution in [3.05, 3.63) is 23.5 Å². The molecule has 2 aromatic rings. The van der Waals surface area contributed by atoms with Crippen molar-refractivity contribution >= 4 is 17.1 Å². The molecule has 1 N–H and O–H groups in total. The number of nitrogens with zero attached hydrogens (tertiary/aromatic N) is 1. The van der Waals surface area contributed by atoms with E-state index in [1.807, 2.05) is 0 Å². The molecule has 0 fully saturated rings. The fourth-order valence-corrected chi connectivity index (χ4v) is 1.85. The number of hydrogen-bond acceptors (Lipinski definition) is 5. The standard InChI is InChI=1S/C15H19FN2O4/c1-9-10(16)5-6-11-12(9)13(18-22-11)20-8-7-17-14(19)21-15(2,3)4/h5-6H,7-8H2,1-4H3,(H,17,19). The minimum absolute atomic E-state index is 0.164. The van der Waals surface area contributed by atoms with Gasteiger partial charge in [0.1, 0.15) is 18.0 Å². The molecule has 0 atom stereocenters. The predicted molar refractivity (Wildman–Crippen MR) is 78.4 cm³/mol. The molecule has 7 heteroatoms. The zero-order chi connectivity index (χ0) is 16.3. The van der Waals surface area contributed by atoms with E-state index >= 15 is 0 Å². The van der Waals surface area contributed by atoms with Gasteiger partial charge >= 0.3 is 6.09 Å².